The van der Waals surface area contributed by atoms with Gasteiger partial charge in [0, 0.05) is 25.4 Å². The molecule has 2 aliphatic heterocycles. The highest BCUT2D eigenvalue weighted by atomic mass is 16.5. The van der Waals surface area contributed by atoms with Crippen molar-refractivity contribution in [3.8, 4) is 0 Å². The monoisotopic (exact) mass is 366 g/mol. The third kappa shape index (κ3) is 4.37. The van der Waals surface area contributed by atoms with Gasteiger partial charge >= 0.3 is 0 Å². The van der Waals surface area contributed by atoms with Crippen LogP contribution in [0, 0.1) is 6.92 Å². The maximum Gasteiger partial charge on any atom is 0.227 e. The molecule has 5 heteroatoms. The fourth-order valence-electron chi connectivity index (χ4n) is 3.86. The highest BCUT2D eigenvalue weighted by Crippen LogP contribution is 2.35. The molecule has 2 saturated heterocycles. The zero-order chi connectivity index (χ0) is 18.7. The van der Waals surface area contributed by atoms with Crippen LogP contribution in [0.15, 0.2) is 48.8 Å². The van der Waals surface area contributed by atoms with Gasteiger partial charge in [-0.25, -0.2) is 0 Å². The van der Waals surface area contributed by atoms with Crippen LogP contribution in [-0.2, 0) is 27.3 Å². The molecule has 1 aromatic heterocycles. The van der Waals surface area contributed by atoms with Crippen LogP contribution in [-0.4, -0.2) is 47.2 Å². The van der Waals surface area contributed by atoms with Crippen LogP contribution in [0.4, 0.5) is 0 Å². The Kier molecular flexibility index (Phi) is 5.23. The number of aromatic nitrogens is 1. The van der Waals surface area contributed by atoms with Gasteiger partial charge in [0.05, 0.1) is 32.2 Å². The summed E-state index contributed by atoms with van der Waals surface area (Å²) in [6, 6.07) is 12.1. The number of carbonyl (C=O) groups excluding carboxylic acids is 1. The summed E-state index contributed by atoms with van der Waals surface area (Å²) in [7, 11) is 0. The minimum absolute atomic E-state index is 0.173. The van der Waals surface area contributed by atoms with E-state index in [2.05, 4.69) is 24.0 Å². The standard InChI is InChI=1S/C22H26N2O3/c1-17-4-6-18(7-5-17)11-21(25)24-15-22(16-24)12-20(8-10-27-22)26-14-19-3-2-9-23-13-19/h2-7,9,13,20H,8,10-12,14-16H2,1H3. The zero-order valence-corrected chi connectivity index (χ0v) is 15.8. The van der Waals surface area contributed by atoms with Crippen LogP contribution in [0.2, 0.25) is 0 Å². The Labute approximate surface area is 160 Å². The van der Waals surface area contributed by atoms with E-state index in [0.29, 0.717) is 32.7 Å². The molecule has 2 aliphatic rings. The van der Waals surface area contributed by atoms with Crippen molar-refractivity contribution in [2.75, 3.05) is 19.7 Å². The van der Waals surface area contributed by atoms with E-state index in [-0.39, 0.29) is 17.6 Å². The number of hydrogen-bond donors (Lipinski definition) is 0. The molecule has 0 saturated carbocycles. The molecule has 1 atom stereocenters. The van der Waals surface area contributed by atoms with E-state index in [1.807, 2.05) is 35.4 Å². The van der Waals surface area contributed by atoms with Crippen molar-refractivity contribution in [3.05, 3.63) is 65.5 Å². The lowest BCUT2D eigenvalue weighted by Crippen LogP contribution is -2.67. The molecule has 2 fully saturated rings. The fraction of sp³-hybridized carbons (Fsp3) is 0.455. The summed E-state index contributed by atoms with van der Waals surface area (Å²) in [4.78, 5) is 18.6. The molecular formula is C22H26N2O3. The topological polar surface area (TPSA) is 51.7 Å². The molecule has 1 aromatic carbocycles. The third-order valence-corrected chi connectivity index (χ3v) is 5.44. The Balaban J connectivity index is 1.26. The van der Waals surface area contributed by atoms with Crippen LogP contribution < -0.4 is 0 Å². The van der Waals surface area contributed by atoms with E-state index in [9.17, 15) is 4.79 Å². The van der Waals surface area contributed by atoms with Gasteiger partial charge in [-0.15, -0.1) is 0 Å². The Morgan fingerprint density at radius 2 is 2.07 bits per heavy atom. The summed E-state index contributed by atoms with van der Waals surface area (Å²) in [5.74, 6) is 0.173. The van der Waals surface area contributed by atoms with E-state index in [1.54, 1.807) is 6.20 Å². The second-order valence-corrected chi connectivity index (χ2v) is 7.73. The van der Waals surface area contributed by atoms with E-state index in [4.69, 9.17) is 9.47 Å². The van der Waals surface area contributed by atoms with Crippen molar-refractivity contribution in [1.82, 2.24) is 9.88 Å². The van der Waals surface area contributed by atoms with Crippen LogP contribution in [0.1, 0.15) is 29.5 Å². The average Bonchev–Trinajstić information content (AvgIpc) is 2.67. The first-order valence-corrected chi connectivity index (χ1v) is 9.60. The minimum atomic E-state index is -0.221. The number of rotatable bonds is 5. The number of aryl methyl sites for hydroxylation is 1. The van der Waals surface area contributed by atoms with E-state index in [1.165, 1.54) is 5.56 Å². The van der Waals surface area contributed by atoms with Gasteiger partial charge in [-0.05, 0) is 30.5 Å². The lowest BCUT2D eigenvalue weighted by atomic mass is 9.84. The van der Waals surface area contributed by atoms with E-state index < -0.39 is 0 Å². The molecule has 3 heterocycles. The third-order valence-electron chi connectivity index (χ3n) is 5.44. The quantitative estimate of drug-likeness (QED) is 0.816. The zero-order valence-electron chi connectivity index (χ0n) is 15.8. The number of amides is 1. The van der Waals surface area contributed by atoms with Crippen LogP contribution in [0.25, 0.3) is 0 Å². The maximum atomic E-state index is 12.5. The highest BCUT2D eigenvalue weighted by Gasteiger charge is 2.49. The summed E-state index contributed by atoms with van der Waals surface area (Å²) in [5, 5.41) is 0. The van der Waals surface area contributed by atoms with Crippen molar-refractivity contribution in [2.24, 2.45) is 0 Å². The van der Waals surface area contributed by atoms with E-state index in [0.717, 1.165) is 24.0 Å². The lowest BCUT2D eigenvalue weighted by molar-refractivity contribution is -0.202. The van der Waals surface area contributed by atoms with Crippen molar-refractivity contribution >= 4 is 5.91 Å². The van der Waals surface area contributed by atoms with Crippen molar-refractivity contribution in [3.63, 3.8) is 0 Å². The molecule has 0 radical (unpaired) electrons. The van der Waals surface area contributed by atoms with Gasteiger partial charge in [0.2, 0.25) is 5.91 Å². The number of nitrogens with zero attached hydrogens (tertiary/aromatic N) is 2. The average molecular weight is 366 g/mol. The summed E-state index contributed by atoms with van der Waals surface area (Å²) >= 11 is 0. The normalized spacial score (nSPS) is 21.1. The van der Waals surface area contributed by atoms with E-state index >= 15 is 0 Å². The molecule has 0 N–H and O–H groups in total. The largest absolute Gasteiger partial charge is 0.373 e. The molecule has 142 valence electrons. The number of pyridine rings is 1. The first-order chi connectivity index (χ1) is 13.1. The SMILES string of the molecule is Cc1ccc(CC(=O)N2CC3(CC(OCc4cccnc4)CCO3)C2)cc1. The van der Waals surface area contributed by atoms with Gasteiger partial charge < -0.3 is 14.4 Å². The Bertz CT molecular complexity index is 770. The van der Waals surface area contributed by atoms with Gasteiger partial charge in [-0.1, -0.05) is 35.9 Å². The highest BCUT2D eigenvalue weighted by molar-refractivity contribution is 5.80. The predicted octanol–water partition coefficient (Wildman–Crippen LogP) is 2.91. The molecule has 5 nitrogen and oxygen atoms in total. The first kappa shape index (κ1) is 18.1. The molecular weight excluding hydrogens is 340 g/mol. The summed E-state index contributed by atoms with van der Waals surface area (Å²) in [6.45, 7) is 4.66. The maximum absolute atomic E-state index is 12.5. The Morgan fingerprint density at radius 3 is 2.81 bits per heavy atom. The van der Waals surface area contributed by atoms with Crippen LogP contribution in [0.5, 0.6) is 0 Å². The molecule has 0 aliphatic carbocycles. The second-order valence-electron chi connectivity index (χ2n) is 7.73. The molecule has 1 unspecified atom stereocenters. The number of ether oxygens (including phenoxy) is 2. The number of benzene rings is 1. The van der Waals surface area contributed by atoms with Gasteiger partial charge in [0.1, 0.15) is 5.60 Å². The number of hydrogen-bond acceptors (Lipinski definition) is 4. The first-order valence-electron chi connectivity index (χ1n) is 9.60. The second kappa shape index (κ2) is 7.79. The summed E-state index contributed by atoms with van der Waals surface area (Å²) in [6.07, 6.45) is 5.99. The fourth-order valence-corrected chi connectivity index (χ4v) is 3.86. The Hall–Kier alpha value is -2.24. The molecule has 2 aromatic rings. The molecule has 1 amide bonds. The minimum Gasteiger partial charge on any atom is -0.373 e. The van der Waals surface area contributed by atoms with Gasteiger partial charge in [0.15, 0.2) is 0 Å². The smallest absolute Gasteiger partial charge is 0.227 e. The van der Waals surface area contributed by atoms with Crippen molar-refractivity contribution < 1.29 is 14.3 Å². The lowest BCUT2D eigenvalue weighted by Gasteiger charge is -2.53. The predicted molar refractivity (Wildman–Crippen MR) is 102 cm³/mol. The Morgan fingerprint density at radius 1 is 1.26 bits per heavy atom. The van der Waals surface area contributed by atoms with Crippen LogP contribution in [0.3, 0.4) is 0 Å². The summed E-state index contributed by atoms with van der Waals surface area (Å²) < 4.78 is 12.1. The number of carbonyl (C=O) groups is 1. The molecule has 27 heavy (non-hydrogen) atoms. The number of likely N-dealkylation sites (tertiary alicyclic amines) is 1. The summed E-state index contributed by atoms with van der Waals surface area (Å²) in [5.41, 5.74) is 3.14. The van der Waals surface area contributed by atoms with Gasteiger partial charge in [-0.3, -0.25) is 9.78 Å². The van der Waals surface area contributed by atoms with Crippen molar-refractivity contribution in [1.29, 1.82) is 0 Å². The molecule has 4 rings (SSSR count). The van der Waals surface area contributed by atoms with Gasteiger partial charge in [0.25, 0.3) is 0 Å². The van der Waals surface area contributed by atoms with Gasteiger partial charge in [-0.2, -0.15) is 0 Å². The van der Waals surface area contributed by atoms with Crippen LogP contribution >= 0.6 is 0 Å². The molecule has 1 spiro atoms. The molecule has 0 bridgehead atoms. The van der Waals surface area contributed by atoms with Crippen molar-refractivity contribution in [2.45, 2.75) is 44.5 Å².